The molecule has 1 atom stereocenters. The van der Waals surface area contributed by atoms with Gasteiger partial charge in [0, 0.05) is 18.7 Å². The van der Waals surface area contributed by atoms with Gasteiger partial charge in [-0.2, -0.15) is 0 Å². The Hall–Kier alpha value is -2.46. The highest BCUT2D eigenvalue weighted by Crippen LogP contribution is 2.24. The third kappa shape index (κ3) is 6.29. The fraction of sp³-hybridized carbons (Fsp3) is 0.364. The van der Waals surface area contributed by atoms with Gasteiger partial charge in [0.1, 0.15) is 10.6 Å². The Morgan fingerprint density at radius 2 is 1.88 bits per heavy atom. The lowest BCUT2D eigenvalue weighted by Gasteiger charge is -2.13. The van der Waals surface area contributed by atoms with Gasteiger partial charge >= 0.3 is 5.97 Å². The lowest BCUT2D eigenvalue weighted by Crippen LogP contribution is -2.32. The first kappa shape index (κ1) is 24.2. The number of Topliss-reactive ketones (excluding diaryl/α,β-unsaturated/α-hetero) is 1. The fourth-order valence-corrected chi connectivity index (χ4v) is 4.71. The molecule has 2 aromatic rings. The smallest absolute Gasteiger partial charge is 0.338 e. The van der Waals surface area contributed by atoms with Gasteiger partial charge in [0.25, 0.3) is 0 Å². The minimum absolute atomic E-state index is 0.0353. The van der Waals surface area contributed by atoms with Crippen LogP contribution in [0.25, 0.3) is 0 Å². The Bertz CT molecular complexity index is 1060. The van der Waals surface area contributed by atoms with Crippen LogP contribution in [0.3, 0.4) is 0 Å². The lowest BCUT2D eigenvalue weighted by atomic mass is 10.1. The molecule has 0 spiro atoms. The maximum Gasteiger partial charge on any atom is 0.338 e. The fourth-order valence-electron chi connectivity index (χ4n) is 3.12. The van der Waals surface area contributed by atoms with Crippen LogP contribution in [-0.2, 0) is 19.5 Å². The van der Waals surface area contributed by atoms with Gasteiger partial charge in [0.05, 0.1) is 23.3 Å². The number of rotatable bonds is 10. The summed E-state index contributed by atoms with van der Waals surface area (Å²) in [6, 6.07) is 10.2. The molecule has 0 amide bonds. The maximum absolute atomic E-state index is 12.6. The normalized spacial score (nSPS) is 16.0. The van der Waals surface area contributed by atoms with E-state index in [0.717, 1.165) is 18.9 Å². The van der Waals surface area contributed by atoms with Crippen LogP contribution in [0, 0.1) is 0 Å². The van der Waals surface area contributed by atoms with Gasteiger partial charge in [-0.05, 0) is 62.2 Å². The molecule has 2 aromatic carbocycles. The van der Waals surface area contributed by atoms with Crippen molar-refractivity contribution in [3.63, 3.8) is 0 Å². The zero-order valence-corrected chi connectivity index (χ0v) is 19.1. The zero-order valence-electron chi connectivity index (χ0n) is 17.5. The number of nitrogens with one attached hydrogen (secondary N) is 1. The average Bonchev–Trinajstić information content (AvgIpc) is 3.31. The number of esters is 1. The number of carbonyl (C=O) groups is 2. The molecule has 3 rings (SSSR count). The molecule has 1 fully saturated rings. The van der Waals surface area contributed by atoms with Gasteiger partial charge in [0.2, 0.25) is 10.0 Å². The molecule has 0 radical (unpaired) electrons. The molecule has 1 aliphatic rings. The first-order valence-corrected chi connectivity index (χ1v) is 12.0. The zero-order chi connectivity index (χ0) is 23.1. The third-order valence-electron chi connectivity index (χ3n) is 4.80. The Morgan fingerprint density at radius 3 is 2.53 bits per heavy atom. The van der Waals surface area contributed by atoms with E-state index < -0.39 is 28.4 Å². The summed E-state index contributed by atoms with van der Waals surface area (Å²) in [4.78, 5) is 24.4. The van der Waals surface area contributed by atoms with E-state index in [4.69, 9.17) is 25.8 Å². The number of sulfonamides is 1. The molecule has 32 heavy (non-hydrogen) atoms. The van der Waals surface area contributed by atoms with E-state index in [1.807, 2.05) is 6.92 Å². The first-order chi connectivity index (χ1) is 15.3. The molecule has 0 bridgehead atoms. The van der Waals surface area contributed by atoms with Crippen molar-refractivity contribution in [2.45, 2.75) is 30.8 Å². The molecule has 10 heteroatoms. The molecule has 1 heterocycles. The number of halogens is 1. The Labute approximate surface area is 191 Å². The summed E-state index contributed by atoms with van der Waals surface area (Å²) in [6.07, 6.45) is 1.46. The highest BCUT2D eigenvalue weighted by atomic mass is 35.5. The number of hydrogen-bond donors (Lipinski definition) is 1. The van der Waals surface area contributed by atoms with E-state index in [2.05, 4.69) is 4.72 Å². The highest BCUT2D eigenvalue weighted by Gasteiger charge is 2.24. The number of ether oxygens (including phenoxy) is 3. The topological polar surface area (TPSA) is 108 Å². The molecular formula is C22H24ClNO7S. The number of hydrogen-bond acceptors (Lipinski definition) is 7. The maximum atomic E-state index is 12.6. The summed E-state index contributed by atoms with van der Waals surface area (Å²) in [5, 5.41) is -0.0353. The predicted molar refractivity (Wildman–Crippen MR) is 118 cm³/mol. The average molecular weight is 482 g/mol. The van der Waals surface area contributed by atoms with Crippen molar-refractivity contribution in [1.29, 1.82) is 0 Å². The highest BCUT2D eigenvalue weighted by molar-refractivity contribution is 7.89. The van der Waals surface area contributed by atoms with E-state index in [0.29, 0.717) is 24.5 Å². The number of carbonyl (C=O) groups excluding carboxylic acids is 2. The third-order valence-corrected chi connectivity index (χ3v) is 6.71. The monoisotopic (exact) mass is 481 g/mol. The summed E-state index contributed by atoms with van der Waals surface area (Å²) in [7, 11) is -3.97. The van der Waals surface area contributed by atoms with Crippen LogP contribution in [0.5, 0.6) is 5.75 Å². The molecule has 1 unspecified atom stereocenters. The second kappa shape index (κ2) is 10.9. The van der Waals surface area contributed by atoms with Crippen molar-refractivity contribution in [3.05, 3.63) is 58.6 Å². The van der Waals surface area contributed by atoms with Gasteiger partial charge < -0.3 is 14.2 Å². The van der Waals surface area contributed by atoms with Gasteiger partial charge in [-0.15, -0.1) is 0 Å². The minimum Gasteiger partial charge on any atom is -0.494 e. The van der Waals surface area contributed by atoms with Crippen molar-refractivity contribution in [3.8, 4) is 5.75 Å². The summed E-state index contributed by atoms with van der Waals surface area (Å²) in [6.45, 7) is 2.59. The summed E-state index contributed by atoms with van der Waals surface area (Å²) < 4.78 is 43.5. The summed E-state index contributed by atoms with van der Waals surface area (Å²) in [5.41, 5.74) is 0.324. The molecular weight excluding hydrogens is 458 g/mol. The van der Waals surface area contributed by atoms with E-state index in [-0.39, 0.29) is 28.1 Å². The van der Waals surface area contributed by atoms with E-state index in [1.54, 1.807) is 24.3 Å². The van der Waals surface area contributed by atoms with Crippen molar-refractivity contribution < 1.29 is 32.2 Å². The minimum atomic E-state index is -3.97. The summed E-state index contributed by atoms with van der Waals surface area (Å²) >= 11 is 6.06. The van der Waals surface area contributed by atoms with Crippen LogP contribution in [0.4, 0.5) is 0 Å². The number of benzene rings is 2. The standard InChI is InChI=1S/C22H24ClNO7S/c1-2-29-17-8-5-15(6-9-17)20(25)14-31-22(26)16-7-10-19(23)21(12-16)32(27,28)24-13-18-4-3-11-30-18/h5-10,12,18,24H,2-4,11,13-14H2,1H3. The van der Waals surface area contributed by atoms with Crippen LogP contribution < -0.4 is 9.46 Å². The number of ketones is 1. The van der Waals surface area contributed by atoms with Gasteiger partial charge in [-0.1, -0.05) is 11.6 Å². The Balaban J connectivity index is 1.63. The Morgan fingerprint density at radius 1 is 1.16 bits per heavy atom. The molecule has 172 valence electrons. The van der Waals surface area contributed by atoms with Crippen LogP contribution in [0.1, 0.15) is 40.5 Å². The van der Waals surface area contributed by atoms with Crippen molar-refractivity contribution >= 4 is 33.4 Å². The second-order valence-corrected chi connectivity index (χ2v) is 9.23. The predicted octanol–water partition coefficient (Wildman–Crippen LogP) is 3.24. The summed E-state index contributed by atoms with van der Waals surface area (Å²) in [5.74, 6) is -0.609. The van der Waals surface area contributed by atoms with Crippen LogP contribution >= 0.6 is 11.6 Å². The molecule has 0 aliphatic carbocycles. The van der Waals surface area contributed by atoms with Gasteiger partial charge in [-0.25, -0.2) is 17.9 Å². The first-order valence-electron chi connectivity index (χ1n) is 10.1. The molecule has 0 saturated carbocycles. The SMILES string of the molecule is CCOc1ccc(C(=O)COC(=O)c2ccc(Cl)c(S(=O)(=O)NCC3CCCO3)c2)cc1. The molecule has 1 saturated heterocycles. The van der Waals surface area contributed by atoms with E-state index >= 15 is 0 Å². The molecule has 0 aromatic heterocycles. The van der Waals surface area contributed by atoms with Crippen LogP contribution in [0.2, 0.25) is 5.02 Å². The van der Waals surface area contributed by atoms with Gasteiger partial charge in [-0.3, -0.25) is 4.79 Å². The van der Waals surface area contributed by atoms with Crippen molar-refractivity contribution in [2.24, 2.45) is 0 Å². The molecule has 1 aliphatic heterocycles. The second-order valence-electron chi connectivity index (χ2n) is 7.09. The van der Waals surface area contributed by atoms with Crippen LogP contribution in [0.15, 0.2) is 47.4 Å². The van der Waals surface area contributed by atoms with Crippen LogP contribution in [-0.4, -0.2) is 52.6 Å². The Kier molecular flexibility index (Phi) is 8.25. The molecule has 1 N–H and O–H groups in total. The molecule has 8 nitrogen and oxygen atoms in total. The quantitative estimate of drug-likeness (QED) is 0.410. The van der Waals surface area contributed by atoms with Crippen molar-refractivity contribution in [2.75, 3.05) is 26.4 Å². The lowest BCUT2D eigenvalue weighted by molar-refractivity contribution is 0.0474. The van der Waals surface area contributed by atoms with Crippen molar-refractivity contribution in [1.82, 2.24) is 4.72 Å². The largest absolute Gasteiger partial charge is 0.494 e. The van der Waals surface area contributed by atoms with Gasteiger partial charge in [0.15, 0.2) is 12.4 Å². The van der Waals surface area contributed by atoms with E-state index in [1.165, 1.54) is 12.1 Å². The van der Waals surface area contributed by atoms with E-state index in [9.17, 15) is 18.0 Å².